The van der Waals surface area contributed by atoms with E-state index in [0.717, 1.165) is 10.9 Å². The molecule has 0 radical (unpaired) electrons. The second-order valence-corrected chi connectivity index (χ2v) is 4.18. The highest BCUT2D eigenvalue weighted by molar-refractivity contribution is 5.81. The molecule has 0 aliphatic heterocycles. The summed E-state index contributed by atoms with van der Waals surface area (Å²) in [5, 5.41) is 2.61. The van der Waals surface area contributed by atoms with Crippen molar-refractivity contribution in [3.63, 3.8) is 0 Å². The second kappa shape index (κ2) is 6.80. The lowest BCUT2D eigenvalue weighted by Crippen LogP contribution is -2.36. The molecular weight excluding hydrogens is 297 g/mol. The van der Waals surface area contributed by atoms with E-state index < -0.39 is 12.1 Å². The van der Waals surface area contributed by atoms with Crippen molar-refractivity contribution in [2.75, 3.05) is 13.2 Å². The highest BCUT2D eigenvalue weighted by Gasteiger charge is 2.38. The quantitative estimate of drug-likeness (QED) is 0.885. The van der Waals surface area contributed by atoms with E-state index in [1.807, 2.05) is 18.2 Å². The fourth-order valence-electron chi connectivity index (χ4n) is 1.59. The van der Waals surface area contributed by atoms with Crippen molar-refractivity contribution < 1.29 is 22.7 Å². The number of hydrogen-bond donors (Lipinski definition) is 1. The molecule has 1 aromatic heterocycles. The molecule has 2 aromatic rings. The smallest absolute Gasteiger partial charge is 0.471 e. The molecule has 0 aliphatic rings. The summed E-state index contributed by atoms with van der Waals surface area (Å²) in [6.07, 6.45) is -3.23. The van der Waals surface area contributed by atoms with Crippen molar-refractivity contribution in [2.24, 2.45) is 0 Å². The number of rotatable bonds is 3. The van der Waals surface area contributed by atoms with E-state index in [1.54, 1.807) is 23.6 Å². The van der Waals surface area contributed by atoms with Crippen LogP contribution in [0.4, 0.5) is 13.2 Å². The first-order chi connectivity index (χ1) is 10.5. The van der Waals surface area contributed by atoms with E-state index in [-0.39, 0.29) is 13.2 Å². The molecule has 4 nitrogen and oxygen atoms in total. The molecule has 1 N–H and O–H groups in total. The Morgan fingerprint density at radius 1 is 1.27 bits per heavy atom. The fourth-order valence-corrected chi connectivity index (χ4v) is 1.59. The maximum atomic E-state index is 11.9. The monoisotopic (exact) mass is 308 g/mol. The van der Waals surface area contributed by atoms with Gasteiger partial charge in [0.15, 0.2) is 0 Å². The molecular formula is C15H11F3N2O2. The van der Waals surface area contributed by atoms with Gasteiger partial charge in [-0.1, -0.05) is 17.9 Å². The number of pyridine rings is 1. The van der Waals surface area contributed by atoms with Crippen LogP contribution >= 0.6 is 0 Å². The Hall–Kier alpha value is -2.75. The molecule has 0 spiro atoms. The van der Waals surface area contributed by atoms with Gasteiger partial charge in [-0.25, -0.2) is 0 Å². The minimum absolute atomic E-state index is 0.000227. The molecule has 0 atom stereocenters. The minimum Gasteiger partial charge on any atom is -0.481 e. The highest BCUT2D eigenvalue weighted by Crippen LogP contribution is 2.18. The summed E-state index contributed by atoms with van der Waals surface area (Å²) in [6.45, 7) is -0.388. The van der Waals surface area contributed by atoms with E-state index in [2.05, 4.69) is 16.8 Å². The standard InChI is InChI=1S/C15H11F3N2O2/c16-15(17,18)14(21)20-7-1-2-9-22-12-6-5-11-4-3-8-19-13(11)10-12/h3-6,8,10H,7,9H2,(H,20,21). The zero-order valence-electron chi connectivity index (χ0n) is 11.3. The summed E-state index contributed by atoms with van der Waals surface area (Å²) in [5.74, 6) is 3.43. The number of halogens is 3. The third-order valence-corrected chi connectivity index (χ3v) is 2.61. The van der Waals surface area contributed by atoms with Crippen LogP contribution in [0.3, 0.4) is 0 Å². The number of benzene rings is 1. The number of nitrogens with one attached hydrogen (secondary N) is 1. The molecule has 2 rings (SSSR count). The van der Waals surface area contributed by atoms with Gasteiger partial charge in [-0.15, -0.1) is 0 Å². The van der Waals surface area contributed by atoms with Crippen molar-refractivity contribution in [3.8, 4) is 17.6 Å². The van der Waals surface area contributed by atoms with Gasteiger partial charge < -0.3 is 10.1 Å². The van der Waals surface area contributed by atoms with Gasteiger partial charge in [-0.05, 0) is 18.2 Å². The molecule has 114 valence electrons. The van der Waals surface area contributed by atoms with E-state index in [4.69, 9.17) is 4.74 Å². The Labute approximate surface area is 124 Å². The van der Waals surface area contributed by atoms with Crippen LogP contribution in [0.2, 0.25) is 0 Å². The number of alkyl halides is 3. The lowest BCUT2D eigenvalue weighted by Gasteiger charge is -2.04. The number of carbonyl (C=O) groups is 1. The van der Waals surface area contributed by atoms with Gasteiger partial charge in [0, 0.05) is 17.6 Å². The van der Waals surface area contributed by atoms with Gasteiger partial charge >= 0.3 is 12.1 Å². The van der Waals surface area contributed by atoms with E-state index in [9.17, 15) is 18.0 Å². The van der Waals surface area contributed by atoms with Crippen molar-refractivity contribution in [2.45, 2.75) is 6.18 Å². The maximum Gasteiger partial charge on any atom is 0.471 e. The molecule has 1 heterocycles. The maximum absolute atomic E-state index is 11.9. The Kier molecular flexibility index (Phi) is 4.84. The van der Waals surface area contributed by atoms with Crippen molar-refractivity contribution in [1.82, 2.24) is 10.3 Å². The zero-order chi connectivity index (χ0) is 16.0. The van der Waals surface area contributed by atoms with Crippen molar-refractivity contribution in [3.05, 3.63) is 36.5 Å². The summed E-state index contributed by atoms with van der Waals surface area (Å²) < 4.78 is 41.0. The van der Waals surface area contributed by atoms with Gasteiger partial charge in [-0.2, -0.15) is 13.2 Å². The predicted octanol–water partition coefficient (Wildman–Crippen LogP) is 2.30. The second-order valence-electron chi connectivity index (χ2n) is 4.18. The van der Waals surface area contributed by atoms with Crippen LogP contribution in [0.1, 0.15) is 0 Å². The Morgan fingerprint density at radius 2 is 2.09 bits per heavy atom. The van der Waals surface area contributed by atoms with E-state index >= 15 is 0 Å². The van der Waals surface area contributed by atoms with E-state index in [0.29, 0.717) is 5.75 Å². The summed E-state index contributed by atoms with van der Waals surface area (Å²) in [5.41, 5.74) is 0.769. The van der Waals surface area contributed by atoms with Gasteiger partial charge in [0.25, 0.3) is 0 Å². The summed E-state index contributed by atoms with van der Waals surface area (Å²) in [7, 11) is 0. The van der Waals surface area contributed by atoms with Crippen LogP contribution in [-0.4, -0.2) is 30.2 Å². The number of hydrogen-bond acceptors (Lipinski definition) is 3. The number of amides is 1. The molecule has 7 heteroatoms. The van der Waals surface area contributed by atoms with Crippen molar-refractivity contribution in [1.29, 1.82) is 0 Å². The van der Waals surface area contributed by atoms with Gasteiger partial charge in [0.05, 0.1) is 12.1 Å². The third-order valence-electron chi connectivity index (χ3n) is 2.61. The summed E-state index contributed by atoms with van der Waals surface area (Å²) >= 11 is 0. The summed E-state index contributed by atoms with van der Waals surface area (Å²) in [4.78, 5) is 14.7. The molecule has 1 amide bonds. The normalized spacial score (nSPS) is 10.7. The molecule has 1 aromatic carbocycles. The Morgan fingerprint density at radius 3 is 2.86 bits per heavy atom. The van der Waals surface area contributed by atoms with Gasteiger partial charge in [0.1, 0.15) is 12.4 Å². The zero-order valence-corrected chi connectivity index (χ0v) is 11.3. The van der Waals surface area contributed by atoms with E-state index in [1.165, 1.54) is 0 Å². The first kappa shape index (κ1) is 15.6. The Balaban J connectivity index is 1.81. The molecule has 0 fully saturated rings. The topological polar surface area (TPSA) is 51.2 Å². The third kappa shape index (κ3) is 4.38. The average Bonchev–Trinajstić information content (AvgIpc) is 2.49. The lowest BCUT2D eigenvalue weighted by atomic mass is 10.2. The molecule has 0 bridgehead atoms. The minimum atomic E-state index is -4.89. The highest BCUT2D eigenvalue weighted by atomic mass is 19.4. The van der Waals surface area contributed by atoms with Crippen LogP contribution in [0.5, 0.6) is 5.75 Å². The summed E-state index contributed by atoms with van der Waals surface area (Å²) in [6, 6.07) is 9.06. The van der Waals surface area contributed by atoms with Crippen LogP contribution in [0.15, 0.2) is 36.5 Å². The number of ether oxygens (including phenoxy) is 1. The fraction of sp³-hybridized carbons (Fsp3) is 0.200. The largest absolute Gasteiger partial charge is 0.481 e. The van der Waals surface area contributed by atoms with Crippen LogP contribution in [0.25, 0.3) is 10.9 Å². The predicted molar refractivity (Wildman–Crippen MR) is 74.1 cm³/mol. The average molecular weight is 308 g/mol. The lowest BCUT2D eigenvalue weighted by molar-refractivity contribution is -0.173. The van der Waals surface area contributed by atoms with Gasteiger partial charge in [0.2, 0.25) is 0 Å². The Bertz CT molecular complexity index is 733. The molecule has 22 heavy (non-hydrogen) atoms. The van der Waals surface area contributed by atoms with Crippen LogP contribution < -0.4 is 10.1 Å². The number of nitrogens with zero attached hydrogens (tertiary/aromatic N) is 1. The number of fused-ring (bicyclic) bond motifs is 1. The van der Waals surface area contributed by atoms with Crippen molar-refractivity contribution >= 4 is 16.8 Å². The SMILES string of the molecule is O=C(NCC#CCOc1ccc2cccnc2c1)C(F)(F)F. The first-order valence-electron chi connectivity index (χ1n) is 6.25. The number of aromatic nitrogens is 1. The van der Waals surface area contributed by atoms with Crippen LogP contribution in [-0.2, 0) is 4.79 Å². The molecule has 0 unspecified atom stereocenters. The molecule has 0 saturated heterocycles. The molecule has 0 saturated carbocycles. The van der Waals surface area contributed by atoms with Crippen LogP contribution in [0, 0.1) is 11.8 Å². The first-order valence-corrected chi connectivity index (χ1v) is 6.25. The van der Waals surface area contributed by atoms with Gasteiger partial charge in [-0.3, -0.25) is 9.78 Å². The number of carbonyl (C=O) groups excluding carboxylic acids is 1. The molecule has 0 aliphatic carbocycles.